The Bertz CT molecular complexity index is 340. The summed E-state index contributed by atoms with van der Waals surface area (Å²) < 4.78 is 79.4. The highest BCUT2D eigenvalue weighted by Crippen LogP contribution is 2.47. The van der Waals surface area contributed by atoms with Crippen LogP contribution in [0.15, 0.2) is 0 Å². The average Bonchev–Trinajstić information content (AvgIpc) is 2.18. The fourth-order valence-corrected chi connectivity index (χ4v) is 1.81. The van der Waals surface area contributed by atoms with Crippen molar-refractivity contribution in [2.45, 2.75) is 25.0 Å². The fourth-order valence-electron chi connectivity index (χ4n) is 1.25. The molecule has 1 heterocycles. The summed E-state index contributed by atoms with van der Waals surface area (Å²) in [6, 6.07) is 0. The van der Waals surface area contributed by atoms with Crippen molar-refractivity contribution in [3.8, 4) is 0 Å². The van der Waals surface area contributed by atoms with Gasteiger partial charge in [-0.2, -0.15) is 26.3 Å². The van der Waals surface area contributed by atoms with E-state index in [0.29, 0.717) is 0 Å². The largest absolute Gasteiger partial charge is 0.446 e. The van der Waals surface area contributed by atoms with Crippen LogP contribution >= 0.6 is 22.6 Å². The Labute approximate surface area is 111 Å². The van der Waals surface area contributed by atoms with E-state index >= 15 is 0 Å². The second-order valence-electron chi connectivity index (χ2n) is 4.11. The molecule has 0 aromatic rings. The molecule has 1 amide bonds. The van der Waals surface area contributed by atoms with Crippen LogP contribution in [0.25, 0.3) is 0 Å². The third-order valence-corrected chi connectivity index (χ3v) is 4.22. The predicted octanol–water partition coefficient (Wildman–Crippen LogP) is 2.39. The predicted molar refractivity (Wildman–Crippen MR) is 55.9 cm³/mol. The summed E-state index contributed by atoms with van der Waals surface area (Å²) in [5, 5.41) is 0.935. The van der Waals surface area contributed by atoms with Crippen molar-refractivity contribution in [2.24, 2.45) is 5.41 Å². The second-order valence-corrected chi connectivity index (χ2v) is 4.88. The summed E-state index contributed by atoms with van der Waals surface area (Å²) in [4.78, 5) is 11.5. The molecule has 0 bridgehead atoms. The maximum atomic E-state index is 12.6. The third kappa shape index (κ3) is 2.28. The summed E-state index contributed by atoms with van der Waals surface area (Å²) in [7, 11) is 0. The number of hydrogen-bond donors (Lipinski definition) is 1. The number of amides is 1. The van der Waals surface area contributed by atoms with Gasteiger partial charge in [-0.3, -0.25) is 4.79 Å². The Hall–Kier alpha value is -0.260. The summed E-state index contributed by atoms with van der Waals surface area (Å²) in [6.07, 6.45) is -11.6. The number of hydrogen-bond acceptors (Lipinski definition) is 2. The number of ether oxygens (including phenoxy) is 1. The first-order chi connectivity index (χ1) is 7.90. The highest BCUT2D eigenvalue weighted by molar-refractivity contribution is 14.1. The van der Waals surface area contributed by atoms with Crippen molar-refractivity contribution in [1.29, 1.82) is 0 Å². The van der Waals surface area contributed by atoms with E-state index in [1.165, 1.54) is 6.92 Å². The standard InChI is InChI=1S/C8H8F6INO2/c1-5(2-15)3-18-6(7(9,10)11,8(12,13)14)16-4(5)17/h2-3H2,1H3,(H,16,17). The van der Waals surface area contributed by atoms with Gasteiger partial charge in [-0.05, 0) is 6.92 Å². The molecule has 0 aromatic heterocycles. The molecule has 1 rings (SSSR count). The SMILES string of the molecule is CC1(CI)COC(C(F)(F)F)(C(F)(F)F)NC1=O. The molecule has 0 aromatic carbocycles. The van der Waals surface area contributed by atoms with Gasteiger partial charge in [0.25, 0.3) is 0 Å². The summed E-state index contributed by atoms with van der Waals surface area (Å²) in [6.45, 7) is 0.270. The van der Waals surface area contributed by atoms with Gasteiger partial charge in [0.05, 0.1) is 12.0 Å². The van der Waals surface area contributed by atoms with E-state index in [1.807, 2.05) is 0 Å². The van der Waals surface area contributed by atoms with Crippen LogP contribution < -0.4 is 5.32 Å². The minimum atomic E-state index is -5.78. The van der Waals surface area contributed by atoms with Gasteiger partial charge >= 0.3 is 18.1 Å². The average molecular weight is 391 g/mol. The zero-order valence-corrected chi connectivity index (χ0v) is 11.0. The summed E-state index contributed by atoms with van der Waals surface area (Å²) in [5.41, 5.74) is -6.04. The summed E-state index contributed by atoms with van der Waals surface area (Å²) >= 11 is 1.69. The van der Waals surface area contributed by atoms with Crippen molar-refractivity contribution in [3.05, 3.63) is 0 Å². The van der Waals surface area contributed by atoms with Gasteiger partial charge in [0.15, 0.2) is 0 Å². The molecule has 1 saturated heterocycles. The minimum Gasteiger partial charge on any atom is -0.339 e. The van der Waals surface area contributed by atoms with E-state index < -0.39 is 36.0 Å². The van der Waals surface area contributed by atoms with Gasteiger partial charge in [-0.1, -0.05) is 22.6 Å². The van der Waals surface area contributed by atoms with Crippen LogP contribution in [0, 0.1) is 5.41 Å². The highest BCUT2D eigenvalue weighted by Gasteiger charge is 2.76. The number of rotatable bonds is 1. The van der Waals surface area contributed by atoms with Gasteiger partial charge < -0.3 is 10.1 Å². The topological polar surface area (TPSA) is 38.3 Å². The van der Waals surface area contributed by atoms with Crippen molar-refractivity contribution < 1.29 is 35.9 Å². The molecule has 18 heavy (non-hydrogen) atoms. The molecule has 0 aliphatic carbocycles. The van der Waals surface area contributed by atoms with Gasteiger partial charge in [0, 0.05) is 4.43 Å². The van der Waals surface area contributed by atoms with Crippen LogP contribution in [0.3, 0.4) is 0 Å². The lowest BCUT2D eigenvalue weighted by molar-refractivity contribution is -0.398. The monoisotopic (exact) mass is 391 g/mol. The Morgan fingerprint density at radius 3 is 2.00 bits per heavy atom. The van der Waals surface area contributed by atoms with Crippen LogP contribution in [0.5, 0.6) is 0 Å². The zero-order valence-electron chi connectivity index (χ0n) is 8.88. The highest BCUT2D eigenvalue weighted by atomic mass is 127. The van der Waals surface area contributed by atoms with Crippen molar-refractivity contribution in [3.63, 3.8) is 0 Å². The molecule has 0 saturated carbocycles. The maximum absolute atomic E-state index is 12.6. The molecule has 1 aliphatic heterocycles. The number of alkyl halides is 7. The van der Waals surface area contributed by atoms with E-state index in [9.17, 15) is 31.1 Å². The zero-order chi connectivity index (χ0) is 14.4. The van der Waals surface area contributed by atoms with Crippen molar-refractivity contribution >= 4 is 28.5 Å². The Balaban J connectivity index is 3.18. The van der Waals surface area contributed by atoms with Gasteiger partial charge in [-0.25, -0.2) is 0 Å². The minimum absolute atomic E-state index is 0.0301. The maximum Gasteiger partial charge on any atom is 0.446 e. The molecular weight excluding hydrogens is 383 g/mol. The first-order valence-electron chi connectivity index (χ1n) is 4.56. The van der Waals surface area contributed by atoms with E-state index in [4.69, 9.17) is 0 Å². The van der Waals surface area contributed by atoms with Gasteiger partial charge in [-0.15, -0.1) is 0 Å². The number of carbonyl (C=O) groups is 1. The van der Waals surface area contributed by atoms with Crippen LogP contribution in [0.4, 0.5) is 26.3 Å². The van der Waals surface area contributed by atoms with Crippen molar-refractivity contribution in [1.82, 2.24) is 5.32 Å². The molecule has 1 atom stereocenters. The normalized spacial score (nSPS) is 29.0. The molecule has 10 heteroatoms. The number of nitrogens with one attached hydrogen (secondary N) is 1. The first-order valence-corrected chi connectivity index (χ1v) is 6.08. The summed E-state index contributed by atoms with van der Waals surface area (Å²) in [5.74, 6) is -1.34. The van der Waals surface area contributed by atoms with Gasteiger partial charge in [0.2, 0.25) is 5.91 Å². The molecular formula is C8H8F6INO2. The van der Waals surface area contributed by atoms with Crippen LogP contribution in [-0.4, -0.2) is 35.0 Å². The molecule has 106 valence electrons. The van der Waals surface area contributed by atoms with Crippen molar-refractivity contribution in [2.75, 3.05) is 11.0 Å². The number of carbonyl (C=O) groups excluding carboxylic acids is 1. The molecule has 0 spiro atoms. The fraction of sp³-hybridized carbons (Fsp3) is 0.875. The first kappa shape index (κ1) is 15.8. The van der Waals surface area contributed by atoms with E-state index in [1.54, 1.807) is 22.6 Å². The van der Waals surface area contributed by atoms with Gasteiger partial charge in [0.1, 0.15) is 0 Å². The molecule has 1 N–H and O–H groups in total. The lowest BCUT2D eigenvalue weighted by Crippen LogP contribution is -2.74. The van der Waals surface area contributed by atoms with E-state index in [-0.39, 0.29) is 4.43 Å². The molecule has 1 fully saturated rings. The Kier molecular flexibility index (Phi) is 3.85. The third-order valence-electron chi connectivity index (χ3n) is 2.54. The number of halogens is 7. The Morgan fingerprint density at radius 2 is 1.72 bits per heavy atom. The quantitative estimate of drug-likeness (QED) is 0.424. The lowest BCUT2D eigenvalue weighted by Gasteiger charge is -2.45. The molecule has 1 aliphatic rings. The molecule has 1 unspecified atom stereocenters. The van der Waals surface area contributed by atoms with Crippen LogP contribution in [0.2, 0.25) is 0 Å². The second kappa shape index (κ2) is 4.39. The van der Waals surface area contributed by atoms with E-state index in [0.717, 1.165) is 5.32 Å². The molecule has 3 nitrogen and oxygen atoms in total. The Morgan fingerprint density at radius 1 is 1.28 bits per heavy atom. The smallest absolute Gasteiger partial charge is 0.339 e. The van der Waals surface area contributed by atoms with E-state index in [2.05, 4.69) is 4.74 Å². The van der Waals surface area contributed by atoms with Crippen LogP contribution in [-0.2, 0) is 9.53 Å². The lowest BCUT2D eigenvalue weighted by atomic mass is 9.90. The molecule has 0 radical (unpaired) electrons. The van der Waals surface area contributed by atoms with Crippen LogP contribution in [0.1, 0.15) is 6.92 Å².